The van der Waals surface area contributed by atoms with Crippen LogP contribution in [-0.2, 0) is 6.61 Å². The topological polar surface area (TPSA) is 87.1 Å². The van der Waals surface area contributed by atoms with E-state index in [9.17, 15) is 9.90 Å². The van der Waals surface area contributed by atoms with Gasteiger partial charge in [-0.15, -0.1) is 11.3 Å². The van der Waals surface area contributed by atoms with Gasteiger partial charge in [0.15, 0.2) is 0 Å². The van der Waals surface area contributed by atoms with Gasteiger partial charge in [-0.3, -0.25) is 9.78 Å². The number of pyridine rings is 2. The fourth-order valence-corrected chi connectivity index (χ4v) is 4.95. The molecule has 0 fully saturated rings. The number of carbonyl (C=O) groups is 1. The van der Waals surface area contributed by atoms with Gasteiger partial charge < -0.3 is 15.7 Å². The summed E-state index contributed by atoms with van der Waals surface area (Å²) in [6.45, 7) is 6.32. The van der Waals surface area contributed by atoms with Crippen LogP contribution in [0.25, 0.3) is 38.3 Å². The van der Waals surface area contributed by atoms with E-state index in [0.29, 0.717) is 17.0 Å². The summed E-state index contributed by atoms with van der Waals surface area (Å²) < 4.78 is 1.05. The minimum absolute atomic E-state index is 0.0391. The number of aliphatic hydroxyl groups excluding tert-OH is 1. The molecule has 4 aromatic rings. The first-order chi connectivity index (χ1) is 14.6. The zero-order valence-corrected chi connectivity index (χ0v) is 17.2. The molecule has 0 radical (unpaired) electrons. The van der Waals surface area contributed by atoms with Gasteiger partial charge in [-0.25, -0.2) is 4.98 Å². The van der Waals surface area contributed by atoms with Crippen LogP contribution in [0.3, 0.4) is 0 Å². The van der Waals surface area contributed by atoms with Crippen LogP contribution < -0.4 is 10.6 Å². The summed E-state index contributed by atoms with van der Waals surface area (Å²) in [6.07, 6.45) is 3.33. The van der Waals surface area contributed by atoms with E-state index in [1.807, 2.05) is 37.3 Å². The van der Waals surface area contributed by atoms with Gasteiger partial charge >= 0.3 is 0 Å². The van der Waals surface area contributed by atoms with Crippen LogP contribution in [0, 0.1) is 0 Å². The van der Waals surface area contributed by atoms with Crippen molar-refractivity contribution < 1.29 is 9.90 Å². The zero-order chi connectivity index (χ0) is 20.8. The minimum atomic E-state index is -0.117. The third kappa shape index (κ3) is 2.94. The summed E-state index contributed by atoms with van der Waals surface area (Å²) in [5.41, 5.74) is 4.75. The second-order valence-electron chi connectivity index (χ2n) is 7.39. The number of aromatic nitrogens is 2. The SMILES string of the molecule is C=Cc1cc(-c2ccc3c(ccc4sc5c(c43)NCC(C)NC5=O)n2)c(CO)cn1. The van der Waals surface area contributed by atoms with E-state index in [4.69, 9.17) is 4.98 Å². The summed E-state index contributed by atoms with van der Waals surface area (Å²) in [4.78, 5) is 22.4. The number of thiophene rings is 1. The van der Waals surface area contributed by atoms with Gasteiger partial charge in [-0.2, -0.15) is 0 Å². The molecule has 150 valence electrons. The number of amides is 1. The van der Waals surface area contributed by atoms with Crippen molar-refractivity contribution in [2.24, 2.45) is 0 Å². The fraction of sp³-hybridized carbons (Fsp3) is 0.174. The lowest BCUT2D eigenvalue weighted by atomic mass is 10.0. The van der Waals surface area contributed by atoms with E-state index in [1.165, 1.54) is 11.3 Å². The fourth-order valence-electron chi connectivity index (χ4n) is 3.85. The summed E-state index contributed by atoms with van der Waals surface area (Å²) in [5, 5.41) is 18.2. The van der Waals surface area contributed by atoms with Crippen molar-refractivity contribution in [3.05, 3.63) is 59.2 Å². The molecule has 0 bridgehead atoms. The van der Waals surface area contributed by atoms with E-state index in [1.54, 1.807) is 12.3 Å². The molecule has 1 aromatic carbocycles. The summed E-state index contributed by atoms with van der Waals surface area (Å²) >= 11 is 1.49. The maximum absolute atomic E-state index is 12.6. The van der Waals surface area contributed by atoms with Gasteiger partial charge in [-0.1, -0.05) is 6.58 Å². The van der Waals surface area contributed by atoms with E-state index in [0.717, 1.165) is 43.6 Å². The normalized spacial score (nSPS) is 16.1. The molecule has 1 aliphatic rings. The van der Waals surface area contributed by atoms with Crippen molar-refractivity contribution in [3.63, 3.8) is 0 Å². The lowest BCUT2D eigenvalue weighted by Crippen LogP contribution is -2.34. The predicted octanol–water partition coefficient (Wildman–Crippen LogP) is 4.19. The number of aliphatic hydroxyl groups is 1. The second kappa shape index (κ2) is 7.19. The molecular weight excluding hydrogens is 396 g/mol. The van der Waals surface area contributed by atoms with Crippen LogP contribution in [0.15, 0.2) is 43.1 Å². The van der Waals surface area contributed by atoms with Gasteiger partial charge in [0, 0.05) is 45.4 Å². The van der Waals surface area contributed by atoms with Crippen molar-refractivity contribution in [2.75, 3.05) is 11.9 Å². The van der Waals surface area contributed by atoms with Gasteiger partial charge in [0.1, 0.15) is 4.88 Å². The molecule has 5 rings (SSSR count). The van der Waals surface area contributed by atoms with Crippen molar-refractivity contribution in [1.29, 1.82) is 0 Å². The molecule has 0 saturated carbocycles. The quantitative estimate of drug-likeness (QED) is 0.466. The highest BCUT2D eigenvalue weighted by Crippen LogP contribution is 2.41. The standard InChI is InChI=1S/C23H20N4O2S/c1-3-14-8-16(13(11-28)10-24-14)18-5-4-15-17(27-18)6-7-19-20(15)21-22(30-19)23(29)26-12(2)9-25-21/h3-8,10,12,25,28H,1,9,11H2,2H3,(H,26,29). The molecule has 3 aromatic heterocycles. The maximum Gasteiger partial charge on any atom is 0.263 e. The molecule has 1 atom stereocenters. The van der Waals surface area contributed by atoms with E-state index < -0.39 is 0 Å². The number of hydrogen-bond acceptors (Lipinski definition) is 6. The van der Waals surface area contributed by atoms with E-state index in [2.05, 4.69) is 22.2 Å². The van der Waals surface area contributed by atoms with Crippen LogP contribution in [0.5, 0.6) is 0 Å². The second-order valence-corrected chi connectivity index (χ2v) is 8.44. The number of benzene rings is 1. The van der Waals surface area contributed by atoms with Gasteiger partial charge in [0.25, 0.3) is 5.91 Å². The monoisotopic (exact) mass is 416 g/mol. The number of hydrogen-bond donors (Lipinski definition) is 3. The zero-order valence-electron chi connectivity index (χ0n) is 16.4. The van der Waals surface area contributed by atoms with Crippen LogP contribution in [0.1, 0.15) is 27.9 Å². The molecule has 30 heavy (non-hydrogen) atoms. The molecule has 0 saturated heterocycles. The average Bonchev–Trinajstić information content (AvgIpc) is 3.09. The first-order valence-corrected chi connectivity index (χ1v) is 10.5. The van der Waals surface area contributed by atoms with Crippen molar-refractivity contribution in [1.82, 2.24) is 15.3 Å². The smallest absolute Gasteiger partial charge is 0.263 e. The summed E-state index contributed by atoms with van der Waals surface area (Å²) in [7, 11) is 0. The third-order valence-corrected chi connectivity index (χ3v) is 6.51. The van der Waals surface area contributed by atoms with Crippen LogP contribution in [0.2, 0.25) is 0 Å². The van der Waals surface area contributed by atoms with Crippen molar-refractivity contribution in [3.8, 4) is 11.3 Å². The molecule has 0 aliphatic carbocycles. The highest BCUT2D eigenvalue weighted by Gasteiger charge is 2.24. The van der Waals surface area contributed by atoms with Crippen LogP contribution >= 0.6 is 11.3 Å². The van der Waals surface area contributed by atoms with Gasteiger partial charge in [0.2, 0.25) is 0 Å². The molecule has 0 spiro atoms. The number of anilines is 1. The number of carbonyl (C=O) groups excluding carboxylic acids is 1. The number of rotatable bonds is 3. The highest BCUT2D eigenvalue weighted by molar-refractivity contribution is 7.21. The Hall–Kier alpha value is -3.29. The Bertz CT molecular complexity index is 1330. The molecule has 7 heteroatoms. The molecule has 6 nitrogen and oxygen atoms in total. The van der Waals surface area contributed by atoms with Crippen LogP contribution in [-0.4, -0.2) is 33.6 Å². The average molecular weight is 417 g/mol. The Balaban J connectivity index is 1.72. The van der Waals surface area contributed by atoms with E-state index in [-0.39, 0.29) is 18.6 Å². The first kappa shape index (κ1) is 18.7. The largest absolute Gasteiger partial charge is 0.392 e. The van der Waals surface area contributed by atoms with Gasteiger partial charge in [-0.05, 0) is 43.3 Å². The molecule has 1 unspecified atom stereocenters. The Labute approximate surface area is 177 Å². The molecule has 1 aliphatic heterocycles. The molecule has 4 heterocycles. The highest BCUT2D eigenvalue weighted by atomic mass is 32.1. The number of nitrogens with zero attached hydrogens (tertiary/aromatic N) is 2. The minimum Gasteiger partial charge on any atom is -0.392 e. The Morgan fingerprint density at radius 3 is 3.00 bits per heavy atom. The van der Waals surface area contributed by atoms with Crippen LogP contribution in [0.4, 0.5) is 5.69 Å². The Kier molecular flexibility index (Phi) is 4.49. The molecule has 3 N–H and O–H groups in total. The molecule has 1 amide bonds. The number of nitrogens with one attached hydrogen (secondary N) is 2. The first-order valence-electron chi connectivity index (χ1n) is 9.72. The lowest BCUT2D eigenvalue weighted by Gasteiger charge is -2.11. The van der Waals surface area contributed by atoms with E-state index >= 15 is 0 Å². The van der Waals surface area contributed by atoms with Crippen molar-refractivity contribution >= 4 is 50.0 Å². The number of fused-ring (bicyclic) bond motifs is 5. The maximum atomic E-state index is 12.6. The van der Waals surface area contributed by atoms with Crippen molar-refractivity contribution in [2.45, 2.75) is 19.6 Å². The summed E-state index contributed by atoms with van der Waals surface area (Å²) in [6, 6.07) is 9.93. The predicted molar refractivity (Wildman–Crippen MR) is 122 cm³/mol. The lowest BCUT2D eigenvalue weighted by molar-refractivity contribution is 0.0949. The van der Waals surface area contributed by atoms with Gasteiger partial charge in [0.05, 0.1) is 29.2 Å². The Morgan fingerprint density at radius 1 is 1.33 bits per heavy atom. The summed E-state index contributed by atoms with van der Waals surface area (Å²) in [5.74, 6) is -0.0391. The molecular formula is C23H20N4O2S. The third-order valence-electron chi connectivity index (χ3n) is 5.35. The Morgan fingerprint density at radius 2 is 2.20 bits per heavy atom.